The molecule has 102 valence electrons. The summed E-state index contributed by atoms with van der Waals surface area (Å²) in [5, 5.41) is 0. The number of nitrogens with two attached hydrogens (primary N) is 1. The smallest absolute Gasteiger partial charge is 0.437 e. The molecule has 6 heteroatoms. The number of rotatable bonds is 2. The summed E-state index contributed by atoms with van der Waals surface area (Å²) >= 11 is 0. The largest absolute Gasteiger partial charge is 0.443 e. The van der Waals surface area contributed by atoms with Crippen molar-refractivity contribution in [3.05, 3.63) is 35.9 Å². The molecule has 0 unspecified atom stereocenters. The number of nitrogens with zero attached hydrogens (tertiary/aromatic N) is 2. The number of carbonyl (C=O) groups is 1. The average molecular weight is 263 g/mol. The molecule has 1 fully saturated rings. The molecule has 1 aromatic carbocycles. The van der Waals surface area contributed by atoms with Crippen molar-refractivity contribution in [3.8, 4) is 0 Å². The second-order valence-corrected chi connectivity index (χ2v) is 4.11. The normalized spacial score (nSPS) is 16.2. The van der Waals surface area contributed by atoms with E-state index in [1.54, 1.807) is 4.90 Å². The molecule has 1 aliphatic rings. The number of morpholine rings is 1. The van der Waals surface area contributed by atoms with Gasteiger partial charge >= 0.3 is 6.09 Å². The highest BCUT2D eigenvalue weighted by Crippen LogP contribution is 2.02. The van der Waals surface area contributed by atoms with Gasteiger partial charge in [0.25, 0.3) is 0 Å². The Balaban J connectivity index is 1.82. The van der Waals surface area contributed by atoms with Crippen molar-refractivity contribution in [1.29, 1.82) is 0 Å². The van der Waals surface area contributed by atoms with E-state index in [1.807, 2.05) is 30.3 Å². The maximum absolute atomic E-state index is 11.5. The molecule has 1 amide bonds. The maximum Gasteiger partial charge on any atom is 0.437 e. The lowest BCUT2D eigenvalue weighted by Crippen LogP contribution is -2.45. The molecule has 0 spiro atoms. The van der Waals surface area contributed by atoms with Crippen LogP contribution in [0.4, 0.5) is 4.79 Å². The number of aliphatic imine (C=N–C) groups is 1. The average Bonchev–Trinajstić information content (AvgIpc) is 2.47. The summed E-state index contributed by atoms with van der Waals surface area (Å²) in [6.45, 7) is 2.66. The Hall–Kier alpha value is -2.08. The number of hydrogen-bond acceptors (Lipinski definition) is 3. The summed E-state index contributed by atoms with van der Waals surface area (Å²) in [5.41, 5.74) is 6.65. The van der Waals surface area contributed by atoms with Crippen LogP contribution in [-0.4, -0.2) is 43.3 Å². The minimum atomic E-state index is -0.673. The Bertz CT molecular complexity index is 442. The quantitative estimate of drug-likeness (QED) is 0.635. The molecule has 1 aromatic rings. The molecule has 2 rings (SSSR count). The first-order valence-electron chi connectivity index (χ1n) is 6.13. The van der Waals surface area contributed by atoms with Crippen LogP contribution in [-0.2, 0) is 16.1 Å². The van der Waals surface area contributed by atoms with Crippen molar-refractivity contribution in [2.24, 2.45) is 10.7 Å². The Kier molecular flexibility index (Phi) is 4.74. The van der Waals surface area contributed by atoms with Crippen LogP contribution in [0.3, 0.4) is 0 Å². The summed E-state index contributed by atoms with van der Waals surface area (Å²) in [6.07, 6.45) is -0.673. The number of ether oxygens (including phenoxy) is 2. The van der Waals surface area contributed by atoms with Crippen LogP contribution in [0, 0.1) is 0 Å². The molecular formula is C13H17N3O3. The molecular weight excluding hydrogens is 246 g/mol. The summed E-state index contributed by atoms with van der Waals surface area (Å²) in [7, 11) is 0. The summed E-state index contributed by atoms with van der Waals surface area (Å²) < 4.78 is 10.2. The van der Waals surface area contributed by atoms with E-state index in [9.17, 15) is 4.79 Å². The van der Waals surface area contributed by atoms with Gasteiger partial charge < -0.3 is 20.1 Å². The highest BCUT2D eigenvalue weighted by atomic mass is 16.5. The predicted molar refractivity (Wildman–Crippen MR) is 70.6 cm³/mol. The zero-order valence-electron chi connectivity index (χ0n) is 10.6. The molecule has 0 atom stereocenters. The Morgan fingerprint density at radius 2 is 2.00 bits per heavy atom. The minimum absolute atomic E-state index is 0.182. The van der Waals surface area contributed by atoms with Crippen molar-refractivity contribution in [2.45, 2.75) is 6.61 Å². The van der Waals surface area contributed by atoms with E-state index in [0.29, 0.717) is 26.3 Å². The van der Waals surface area contributed by atoms with Crippen LogP contribution >= 0.6 is 0 Å². The van der Waals surface area contributed by atoms with E-state index in [-0.39, 0.29) is 12.6 Å². The van der Waals surface area contributed by atoms with Gasteiger partial charge in [0.15, 0.2) is 0 Å². The predicted octanol–water partition coefficient (Wildman–Crippen LogP) is 0.970. The summed E-state index contributed by atoms with van der Waals surface area (Å²) in [5.74, 6) is 0.182. The lowest BCUT2D eigenvalue weighted by atomic mass is 10.2. The fourth-order valence-corrected chi connectivity index (χ4v) is 1.71. The van der Waals surface area contributed by atoms with Crippen molar-refractivity contribution >= 4 is 12.1 Å². The van der Waals surface area contributed by atoms with Gasteiger partial charge in [0.05, 0.1) is 13.2 Å². The van der Waals surface area contributed by atoms with E-state index >= 15 is 0 Å². The molecule has 0 bridgehead atoms. The van der Waals surface area contributed by atoms with Gasteiger partial charge in [-0.15, -0.1) is 4.99 Å². The van der Waals surface area contributed by atoms with Gasteiger partial charge in [-0.1, -0.05) is 30.3 Å². The molecule has 1 saturated heterocycles. The fraction of sp³-hybridized carbons (Fsp3) is 0.385. The van der Waals surface area contributed by atoms with Gasteiger partial charge in [-0.05, 0) is 5.56 Å². The third kappa shape index (κ3) is 4.26. The van der Waals surface area contributed by atoms with Crippen LogP contribution in [0.1, 0.15) is 5.56 Å². The van der Waals surface area contributed by atoms with Crippen LogP contribution in [0.5, 0.6) is 0 Å². The van der Waals surface area contributed by atoms with E-state index in [2.05, 4.69) is 4.99 Å². The standard InChI is InChI=1S/C13H17N3O3/c14-12(16-6-8-18-9-7-16)15-13(17)19-10-11-4-2-1-3-5-11/h1-5H,6-10H2,(H2,14,15,17). The first-order chi connectivity index (χ1) is 9.25. The Morgan fingerprint density at radius 3 is 2.68 bits per heavy atom. The zero-order chi connectivity index (χ0) is 13.5. The van der Waals surface area contributed by atoms with Crippen LogP contribution in [0.25, 0.3) is 0 Å². The minimum Gasteiger partial charge on any atom is -0.443 e. The third-order valence-corrected chi connectivity index (χ3v) is 2.75. The number of carbonyl (C=O) groups excluding carboxylic acids is 1. The topological polar surface area (TPSA) is 77.1 Å². The van der Waals surface area contributed by atoms with Crippen LogP contribution in [0.2, 0.25) is 0 Å². The van der Waals surface area contributed by atoms with E-state index in [1.165, 1.54) is 0 Å². The van der Waals surface area contributed by atoms with E-state index in [4.69, 9.17) is 15.2 Å². The van der Waals surface area contributed by atoms with Crippen molar-refractivity contribution < 1.29 is 14.3 Å². The third-order valence-electron chi connectivity index (χ3n) is 2.75. The number of amides is 1. The Morgan fingerprint density at radius 1 is 1.32 bits per heavy atom. The van der Waals surface area contributed by atoms with Crippen molar-refractivity contribution in [2.75, 3.05) is 26.3 Å². The molecule has 1 heterocycles. The van der Waals surface area contributed by atoms with Crippen LogP contribution in [0.15, 0.2) is 35.3 Å². The van der Waals surface area contributed by atoms with Gasteiger partial charge in [0, 0.05) is 13.1 Å². The molecule has 0 radical (unpaired) electrons. The van der Waals surface area contributed by atoms with Gasteiger partial charge in [-0.2, -0.15) is 0 Å². The SMILES string of the molecule is N/C(=N\C(=O)OCc1ccccc1)N1CCOCC1. The van der Waals surface area contributed by atoms with Crippen molar-refractivity contribution in [1.82, 2.24) is 4.90 Å². The number of benzene rings is 1. The molecule has 19 heavy (non-hydrogen) atoms. The molecule has 1 aliphatic heterocycles. The van der Waals surface area contributed by atoms with Gasteiger partial charge in [0.2, 0.25) is 5.96 Å². The molecule has 0 saturated carbocycles. The lowest BCUT2D eigenvalue weighted by Gasteiger charge is -2.27. The zero-order valence-corrected chi connectivity index (χ0v) is 10.6. The van der Waals surface area contributed by atoms with Gasteiger partial charge in [-0.25, -0.2) is 4.79 Å². The lowest BCUT2D eigenvalue weighted by molar-refractivity contribution is 0.0672. The fourth-order valence-electron chi connectivity index (χ4n) is 1.71. The molecule has 0 aliphatic carbocycles. The van der Waals surface area contributed by atoms with Crippen molar-refractivity contribution in [3.63, 3.8) is 0 Å². The number of hydrogen-bond donors (Lipinski definition) is 1. The maximum atomic E-state index is 11.5. The first-order valence-corrected chi connectivity index (χ1v) is 6.13. The Labute approximate surface area is 111 Å². The van der Waals surface area contributed by atoms with Crippen LogP contribution < -0.4 is 5.73 Å². The van der Waals surface area contributed by atoms with Gasteiger partial charge in [-0.3, -0.25) is 0 Å². The number of guanidine groups is 1. The summed E-state index contributed by atoms with van der Waals surface area (Å²) in [4.78, 5) is 17.0. The van der Waals surface area contributed by atoms with E-state index < -0.39 is 6.09 Å². The van der Waals surface area contributed by atoms with Gasteiger partial charge in [0.1, 0.15) is 6.61 Å². The first kappa shape index (κ1) is 13.4. The highest BCUT2D eigenvalue weighted by molar-refractivity contribution is 5.89. The second kappa shape index (κ2) is 6.75. The second-order valence-electron chi connectivity index (χ2n) is 4.11. The summed E-state index contributed by atoms with van der Waals surface area (Å²) in [6, 6.07) is 9.42. The molecule has 0 aromatic heterocycles. The molecule has 6 nitrogen and oxygen atoms in total. The van der Waals surface area contributed by atoms with E-state index in [0.717, 1.165) is 5.56 Å². The molecule has 2 N–H and O–H groups in total. The monoisotopic (exact) mass is 263 g/mol. The highest BCUT2D eigenvalue weighted by Gasteiger charge is 2.13.